The maximum atomic E-state index is 12.4. The summed E-state index contributed by atoms with van der Waals surface area (Å²) < 4.78 is 5.18. The van der Waals surface area contributed by atoms with Crippen LogP contribution in [0, 0.1) is 0 Å². The number of amides is 2. The summed E-state index contributed by atoms with van der Waals surface area (Å²) in [5.41, 5.74) is 1.26. The summed E-state index contributed by atoms with van der Waals surface area (Å²) in [5, 5.41) is 2.84. The minimum Gasteiger partial charge on any atom is -0.459 e. The van der Waals surface area contributed by atoms with Crippen LogP contribution in [0.1, 0.15) is 26.6 Å². The summed E-state index contributed by atoms with van der Waals surface area (Å²) in [6.07, 6.45) is 6.24. The molecule has 3 aromatic rings. The van der Waals surface area contributed by atoms with Crippen molar-refractivity contribution in [1.82, 2.24) is 25.2 Å². The molecule has 0 bridgehead atoms. The minimum atomic E-state index is -0.267. The van der Waals surface area contributed by atoms with Gasteiger partial charge < -0.3 is 19.5 Å². The van der Waals surface area contributed by atoms with Crippen molar-refractivity contribution in [3.05, 3.63) is 72.3 Å². The van der Waals surface area contributed by atoms with Gasteiger partial charge in [-0.15, -0.1) is 0 Å². The van der Waals surface area contributed by atoms with E-state index in [-0.39, 0.29) is 11.8 Å². The SMILES string of the molecule is O=C(NCc1ccncc1)c1cc(N2CCN(C(=O)c3ccco3)CC2)ncn1. The summed E-state index contributed by atoms with van der Waals surface area (Å²) in [7, 11) is 0. The highest BCUT2D eigenvalue weighted by atomic mass is 16.3. The Bertz CT molecular complexity index is 969. The van der Waals surface area contributed by atoms with E-state index in [0.717, 1.165) is 5.56 Å². The highest BCUT2D eigenvalue weighted by Gasteiger charge is 2.24. The first-order valence-electron chi connectivity index (χ1n) is 9.27. The first-order chi connectivity index (χ1) is 14.2. The van der Waals surface area contributed by atoms with E-state index >= 15 is 0 Å². The van der Waals surface area contributed by atoms with Crippen molar-refractivity contribution in [1.29, 1.82) is 0 Å². The van der Waals surface area contributed by atoms with Crippen molar-refractivity contribution in [2.75, 3.05) is 31.1 Å². The van der Waals surface area contributed by atoms with E-state index in [1.165, 1.54) is 12.6 Å². The van der Waals surface area contributed by atoms with Crippen molar-refractivity contribution in [2.45, 2.75) is 6.54 Å². The van der Waals surface area contributed by atoms with Gasteiger partial charge in [0.25, 0.3) is 11.8 Å². The quantitative estimate of drug-likeness (QED) is 0.699. The van der Waals surface area contributed by atoms with Crippen LogP contribution in [-0.2, 0) is 6.54 Å². The molecule has 3 aromatic heterocycles. The maximum Gasteiger partial charge on any atom is 0.289 e. The van der Waals surface area contributed by atoms with Crippen LogP contribution in [0.5, 0.6) is 0 Å². The normalized spacial score (nSPS) is 13.9. The fourth-order valence-electron chi connectivity index (χ4n) is 3.11. The van der Waals surface area contributed by atoms with E-state index in [9.17, 15) is 9.59 Å². The molecular formula is C20H20N6O3. The number of hydrogen-bond donors (Lipinski definition) is 1. The molecule has 4 rings (SSSR count). The van der Waals surface area contributed by atoms with Crippen LogP contribution in [0.4, 0.5) is 5.82 Å². The number of anilines is 1. The van der Waals surface area contributed by atoms with E-state index in [2.05, 4.69) is 20.3 Å². The largest absolute Gasteiger partial charge is 0.459 e. The second-order valence-corrected chi connectivity index (χ2v) is 6.56. The van der Waals surface area contributed by atoms with Gasteiger partial charge in [0.15, 0.2) is 5.76 Å². The van der Waals surface area contributed by atoms with Gasteiger partial charge in [0.05, 0.1) is 6.26 Å². The van der Waals surface area contributed by atoms with Crippen molar-refractivity contribution in [2.24, 2.45) is 0 Å². The third-order valence-electron chi connectivity index (χ3n) is 4.71. The number of furan rings is 1. The van der Waals surface area contributed by atoms with Crippen molar-refractivity contribution < 1.29 is 14.0 Å². The van der Waals surface area contributed by atoms with Gasteiger partial charge in [0.1, 0.15) is 17.8 Å². The number of nitrogens with one attached hydrogen (secondary N) is 1. The molecule has 1 N–H and O–H groups in total. The summed E-state index contributed by atoms with van der Waals surface area (Å²) in [6.45, 7) is 2.72. The van der Waals surface area contributed by atoms with Gasteiger partial charge in [-0.3, -0.25) is 14.6 Å². The van der Waals surface area contributed by atoms with Crippen LogP contribution in [0.3, 0.4) is 0 Å². The van der Waals surface area contributed by atoms with Crippen LogP contribution in [0.15, 0.2) is 59.7 Å². The smallest absolute Gasteiger partial charge is 0.289 e. The van der Waals surface area contributed by atoms with Gasteiger partial charge in [0.2, 0.25) is 0 Å². The topological polar surface area (TPSA) is 104 Å². The van der Waals surface area contributed by atoms with Crippen LogP contribution in [0.2, 0.25) is 0 Å². The first kappa shape index (κ1) is 18.6. The Balaban J connectivity index is 1.35. The predicted octanol–water partition coefficient (Wildman–Crippen LogP) is 1.36. The number of carbonyl (C=O) groups is 2. The molecule has 0 atom stereocenters. The predicted molar refractivity (Wildman–Crippen MR) is 104 cm³/mol. The zero-order valence-corrected chi connectivity index (χ0v) is 15.7. The second kappa shape index (κ2) is 8.51. The number of carbonyl (C=O) groups excluding carboxylic acids is 2. The molecule has 0 saturated carbocycles. The molecule has 9 nitrogen and oxygen atoms in total. The van der Waals surface area contributed by atoms with E-state index in [1.54, 1.807) is 35.5 Å². The molecule has 9 heteroatoms. The molecular weight excluding hydrogens is 372 g/mol. The van der Waals surface area contributed by atoms with Crippen LogP contribution in [0.25, 0.3) is 0 Å². The molecule has 2 amide bonds. The lowest BCUT2D eigenvalue weighted by Crippen LogP contribution is -2.49. The minimum absolute atomic E-state index is 0.117. The molecule has 29 heavy (non-hydrogen) atoms. The fourth-order valence-corrected chi connectivity index (χ4v) is 3.11. The zero-order chi connectivity index (χ0) is 20.1. The number of nitrogens with zero attached hydrogens (tertiary/aromatic N) is 5. The molecule has 4 heterocycles. The molecule has 1 aliphatic rings. The Morgan fingerprint density at radius 1 is 1.07 bits per heavy atom. The van der Waals surface area contributed by atoms with Gasteiger partial charge in [-0.2, -0.15) is 0 Å². The van der Waals surface area contributed by atoms with Crippen LogP contribution in [-0.4, -0.2) is 57.8 Å². The van der Waals surface area contributed by atoms with Crippen LogP contribution < -0.4 is 10.2 Å². The molecule has 1 fully saturated rings. The standard InChI is InChI=1S/C20H20N6O3/c27-19(22-13-15-3-5-21-6-4-15)16-12-18(24-14-23-16)25-7-9-26(10-8-25)20(28)17-2-1-11-29-17/h1-6,11-12,14H,7-10,13H2,(H,22,27). The Morgan fingerprint density at radius 2 is 1.86 bits per heavy atom. The Morgan fingerprint density at radius 3 is 2.59 bits per heavy atom. The monoisotopic (exact) mass is 392 g/mol. The van der Waals surface area contributed by atoms with Gasteiger partial charge in [0, 0.05) is 51.2 Å². The summed E-state index contributed by atoms with van der Waals surface area (Å²) in [4.78, 5) is 40.9. The average Bonchev–Trinajstić information content (AvgIpc) is 3.33. The summed E-state index contributed by atoms with van der Waals surface area (Å²) >= 11 is 0. The molecule has 1 saturated heterocycles. The molecule has 0 radical (unpaired) electrons. The molecule has 0 aromatic carbocycles. The number of rotatable bonds is 5. The van der Waals surface area contributed by atoms with Crippen molar-refractivity contribution in [3.8, 4) is 0 Å². The lowest BCUT2D eigenvalue weighted by Gasteiger charge is -2.35. The Labute approximate surface area is 167 Å². The van der Waals surface area contributed by atoms with Gasteiger partial charge >= 0.3 is 0 Å². The van der Waals surface area contributed by atoms with Crippen molar-refractivity contribution >= 4 is 17.6 Å². The van der Waals surface area contributed by atoms with Gasteiger partial charge in [-0.1, -0.05) is 0 Å². The van der Waals surface area contributed by atoms with Crippen molar-refractivity contribution in [3.63, 3.8) is 0 Å². The highest BCUT2D eigenvalue weighted by Crippen LogP contribution is 2.16. The second-order valence-electron chi connectivity index (χ2n) is 6.56. The number of pyridine rings is 1. The molecule has 148 valence electrons. The molecule has 0 aliphatic carbocycles. The number of piperazine rings is 1. The summed E-state index contributed by atoms with van der Waals surface area (Å²) in [5.74, 6) is 0.624. The van der Waals surface area contributed by atoms with E-state index in [1.807, 2.05) is 17.0 Å². The van der Waals surface area contributed by atoms with E-state index in [4.69, 9.17) is 4.42 Å². The molecule has 0 unspecified atom stereocenters. The Hall–Kier alpha value is -3.75. The van der Waals surface area contributed by atoms with E-state index in [0.29, 0.717) is 50.0 Å². The fraction of sp³-hybridized carbons (Fsp3) is 0.250. The molecule has 1 aliphatic heterocycles. The average molecular weight is 392 g/mol. The third kappa shape index (κ3) is 4.40. The lowest BCUT2D eigenvalue weighted by molar-refractivity contribution is 0.0714. The third-order valence-corrected chi connectivity index (χ3v) is 4.71. The number of hydrogen-bond acceptors (Lipinski definition) is 7. The van der Waals surface area contributed by atoms with Crippen LogP contribution >= 0.6 is 0 Å². The van der Waals surface area contributed by atoms with Gasteiger partial charge in [-0.25, -0.2) is 9.97 Å². The van der Waals surface area contributed by atoms with E-state index < -0.39 is 0 Å². The van der Waals surface area contributed by atoms with Gasteiger partial charge in [-0.05, 0) is 29.8 Å². The first-order valence-corrected chi connectivity index (χ1v) is 9.27. The Kier molecular flexibility index (Phi) is 5.46. The maximum absolute atomic E-state index is 12.4. The molecule has 0 spiro atoms. The zero-order valence-electron chi connectivity index (χ0n) is 15.7. The summed E-state index contributed by atoms with van der Waals surface area (Å²) in [6, 6.07) is 8.72. The number of aromatic nitrogens is 3. The lowest BCUT2D eigenvalue weighted by atomic mass is 10.2. The highest BCUT2D eigenvalue weighted by molar-refractivity contribution is 5.93.